The Morgan fingerprint density at radius 3 is 3.00 bits per heavy atom. The number of aryl methyl sites for hydroxylation is 1. The third-order valence-electron chi connectivity index (χ3n) is 6.03. The summed E-state index contributed by atoms with van der Waals surface area (Å²) in [7, 11) is 1.88. The first-order valence-corrected chi connectivity index (χ1v) is 12.0. The SMILES string of the molecule is CC[C@@H]1C(=O)Nc2cnc(-c3cn(C)nc3-c3nccs3)nc2N1C1CCCCCOC1. The number of nitrogens with one attached hydrogen (secondary N) is 1. The Labute approximate surface area is 190 Å². The maximum absolute atomic E-state index is 12.9. The van der Waals surface area contributed by atoms with Crippen molar-refractivity contribution in [3.05, 3.63) is 24.0 Å². The molecule has 3 aromatic rings. The number of hydrogen-bond donors (Lipinski definition) is 1. The zero-order valence-electron chi connectivity index (χ0n) is 18.3. The molecule has 9 nitrogen and oxygen atoms in total. The van der Waals surface area contributed by atoms with Crippen LogP contribution in [0.2, 0.25) is 0 Å². The molecule has 1 saturated heterocycles. The fourth-order valence-electron chi connectivity index (χ4n) is 4.52. The number of amides is 1. The zero-order chi connectivity index (χ0) is 22.1. The van der Waals surface area contributed by atoms with E-state index in [-0.39, 0.29) is 18.0 Å². The average Bonchev–Trinajstić information content (AvgIpc) is 3.42. The molecule has 168 valence electrons. The van der Waals surface area contributed by atoms with Gasteiger partial charge < -0.3 is 15.0 Å². The van der Waals surface area contributed by atoms with E-state index in [2.05, 4.69) is 25.3 Å². The first-order chi connectivity index (χ1) is 15.7. The van der Waals surface area contributed by atoms with Gasteiger partial charge in [0, 0.05) is 31.4 Å². The summed E-state index contributed by atoms with van der Waals surface area (Å²) in [6.45, 7) is 3.40. The Morgan fingerprint density at radius 1 is 1.28 bits per heavy atom. The Kier molecular flexibility index (Phi) is 5.88. The van der Waals surface area contributed by atoms with Crippen LogP contribution in [0.15, 0.2) is 24.0 Å². The molecule has 32 heavy (non-hydrogen) atoms. The molecule has 1 amide bonds. The molecule has 0 bridgehead atoms. The minimum atomic E-state index is -0.286. The van der Waals surface area contributed by atoms with Crippen LogP contribution in [0.25, 0.3) is 22.1 Å². The van der Waals surface area contributed by atoms with Crippen LogP contribution in [0.4, 0.5) is 11.5 Å². The molecular formula is C22H27N7O2S. The summed E-state index contributed by atoms with van der Waals surface area (Å²) in [6, 6.07) is -0.189. The molecule has 0 radical (unpaired) electrons. The molecule has 0 saturated carbocycles. The molecule has 2 atom stereocenters. The van der Waals surface area contributed by atoms with Crippen molar-refractivity contribution in [2.45, 2.75) is 51.1 Å². The van der Waals surface area contributed by atoms with Crippen molar-refractivity contribution < 1.29 is 9.53 Å². The van der Waals surface area contributed by atoms with Crippen LogP contribution < -0.4 is 10.2 Å². The van der Waals surface area contributed by atoms with E-state index < -0.39 is 0 Å². The molecule has 5 heterocycles. The predicted molar refractivity (Wildman–Crippen MR) is 124 cm³/mol. The molecule has 0 aliphatic carbocycles. The van der Waals surface area contributed by atoms with Crippen LogP contribution >= 0.6 is 11.3 Å². The van der Waals surface area contributed by atoms with Crippen LogP contribution in [0.5, 0.6) is 0 Å². The van der Waals surface area contributed by atoms with Gasteiger partial charge in [-0.1, -0.05) is 19.8 Å². The summed E-state index contributed by atoms with van der Waals surface area (Å²) in [5.74, 6) is 1.32. The van der Waals surface area contributed by atoms with Gasteiger partial charge in [-0.25, -0.2) is 15.0 Å². The lowest BCUT2D eigenvalue weighted by molar-refractivity contribution is -0.118. The fraction of sp³-hybridized carbons (Fsp3) is 0.500. The van der Waals surface area contributed by atoms with Crippen LogP contribution in [0.3, 0.4) is 0 Å². The van der Waals surface area contributed by atoms with Crippen LogP contribution in [-0.2, 0) is 16.6 Å². The second-order valence-corrected chi connectivity index (χ2v) is 9.13. The maximum atomic E-state index is 12.9. The normalized spacial score (nSPS) is 21.6. The number of ether oxygens (including phenoxy) is 1. The minimum absolute atomic E-state index is 0.0109. The van der Waals surface area contributed by atoms with Crippen molar-refractivity contribution in [3.63, 3.8) is 0 Å². The van der Waals surface area contributed by atoms with Gasteiger partial charge in [-0.3, -0.25) is 9.48 Å². The van der Waals surface area contributed by atoms with Crippen molar-refractivity contribution in [3.8, 4) is 22.1 Å². The number of anilines is 2. The quantitative estimate of drug-likeness (QED) is 0.646. The number of aromatic nitrogens is 5. The van der Waals surface area contributed by atoms with E-state index in [9.17, 15) is 4.79 Å². The summed E-state index contributed by atoms with van der Waals surface area (Å²) in [4.78, 5) is 29.0. The lowest BCUT2D eigenvalue weighted by atomic mass is 10.0. The number of hydrogen-bond acceptors (Lipinski definition) is 8. The van der Waals surface area contributed by atoms with Crippen molar-refractivity contribution >= 4 is 28.7 Å². The molecule has 1 fully saturated rings. The largest absolute Gasteiger partial charge is 0.379 e. The van der Waals surface area contributed by atoms with Crippen LogP contribution in [0, 0.1) is 0 Å². The Bertz CT molecular complexity index is 1090. The van der Waals surface area contributed by atoms with Gasteiger partial charge in [0.05, 0.1) is 24.4 Å². The van der Waals surface area contributed by atoms with E-state index in [1.807, 2.05) is 25.5 Å². The highest BCUT2D eigenvalue weighted by molar-refractivity contribution is 7.13. The number of carbonyl (C=O) groups excluding carboxylic acids is 1. The fourth-order valence-corrected chi connectivity index (χ4v) is 5.16. The highest BCUT2D eigenvalue weighted by Gasteiger charge is 2.38. The molecule has 0 aromatic carbocycles. The van der Waals surface area contributed by atoms with Gasteiger partial charge in [-0.15, -0.1) is 11.3 Å². The molecule has 0 spiro atoms. The Hall–Kier alpha value is -2.85. The monoisotopic (exact) mass is 453 g/mol. The zero-order valence-corrected chi connectivity index (χ0v) is 19.1. The molecule has 2 aliphatic heterocycles. The van der Waals surface area contributed by atoms with Crippen molar-refractivity contribution in [1.29, 1.82) is 0 Å². The van der Waals surface area contributed by atoms with Gasteiger partial charge in [0.1, 0.15) is 22.4 Å². The second kappa shape index (κ2) is 8.95. The third kappa shape index (κ3) is 3.88. The van der Waals surface area contributed by atoms with E-state index in [4.69, 9.17) is 9.72 Å². The number of nitrogens with zero attached hydrogens (tertiary/aromatic N) is 6. The lowest BCUT2D eigenvalue weighted by Crippen LogP contribution is -2.54. The van der Waals surface area contributed by atoms with Gasteiger partial charge in [0.15, 0.2) is 11.6 Å². The van der Waals surface area contributed by atoms with E-state index in [1.165, 1.54) is 11.3 Å². The molecule has 1 unspecified atom stereocenters. The van der Waals surface area contributed by atoms with Crippen LogP contribution in [0.1, 0.15) is 39.0 Å². The van der Waals surface area contributed by atoms with Gasteiger partial charge >= 0.3 is 0 Å². The van der Waals surface area contributed by atoms with Crippen molar-refractivity contribution in [2.24, 2.45) is 7.05 Å². The summed E-state index contributed by atoms with van der Waals surface area (Å²) in [6.07, 6.45) is 10.4. The van der Waals surface area contributed by atoms with E-state index in [0.29, 0.717) is 24.5 Å². The Morgan fingerprint density at radius 2 is 2.19 bits per heavy atom. The van der Waals surface area contributed by atoms with Crippen molar-refractivity contribution in [1.82, 2.24) is 24.7 Å². The number of thiazole rings is 1. The number of fused-ring (bicyclic) bond motifs is 1. The van der Waals surface area contributed by atoms with Gasteiger partial charge in [0.2, 0.25) is 5.91 Å². The van der Waals surface area contributed by atoms with Crippen LogP contribution in [-0.4, -0.2) is 55.9 Å². The van der Waals surface area contributed by atoms with Gasteiger partial charge in [0.25, 0.3) is 0 Å². The summed E-state index contributed by atoms with van der Waals surface area (Å²) >= 11 is 1.53. The van der Waals surface area contributed by atoms with Gasteiger partial charge in [-0.05, 0) is 19.3 Å². The summed E-state index contributed by atoms with van der Waals surface area (Å²) in [5.41, 5.74) is 2.23. The predicted octanol–water partition coefficient (Wildman–Crippen LogP) is 3.50. The standard InChI is InChI=1S/C22H27N7O2S/c1-3-17-21(30)25-16-11-24-19(15-12-28(2)27-18(15)22-23-8-10-32-22)26-20(16)29(17)14-7-5-4-6-9-31-13-14/h8,10-12,14,17H,3-7,9,13H2,1-2H3,(H,25,30)/t14?,17-/m1/s1. The Balaban J connectivity index is 1.59. The highest BCUT2D eigenvalue weighted by atomic mass is 32.1. The average molecular weight is 454 g/mol. The van der Waals surface area contributed by atoms with E-state index in [0.717, 1.165) is 54.4 Å². The maximum Gasteiger partial charge on any atom is 0.247 e. The lowest BCUT2D eigenvalue weighted by Gasteiger charge is -2.42. The van der Waals surface area contributed by atoms with E-state index >= 15 is 0 Å². The highest BCUT2D eigenvalue weighted by Crippen LogP contribution is 2.37. The smallest absolute Gasteiger partial charge is 0.247 e. The summed E-state index contributed by atoms with van der Waals surface area (Å²) < 4.78 is 7.69. The molecule has 3 aromatic heterocycles. The number of rotatable bonds is 4. The molecule has 1 N–H and O–H groups in total. The molecule has 2 aliphatic rings. The summed E-state index contributed by atoms with van der Waals surface area (Å²) in [5, 5.41) is 10.4. The topological polar surface area (TPSA) is 98.1 Å². The number of carbonyl (C=O) groups is 1. The minimum Gasteiger partial charge on any atom is -0.379 e. The molecular weight excluding hydrogens is 426 g/mol. The van der Waals surface area contributed by atoms with E-state index in [1.54, 1.807) is 17.1 Å². The first kappa shape index (κ1) is 21.0. The third-order valence-corrected chi connectivity index (χ3v) is 6.81. The molecule has 10 heteroatoms. The van der Waals surface area contributed by atoms with Crippen molar-refractivity contribution in [2.75, 3.05) is 23.4 Å². The molecule has 5 rings (SSSR count). The second-order valence-electron chi connectivity index (χ2n) is 8.23. The van der Waals surface area contributed by atoms with Gasteiger partial charge in [-0.2, -0.15) is 5.10 Å². The first-order valence-electron chi connectivity index (χ1n) is 11.1.